The smallest absolute Gasteiger partial charge is 0.115 e. The number of hydrogen-bond donors (Lipinski definition) is 0. The molecule has 0 aromatic carbocycles. The molecule has 0 N–H and O–H groups in total. The highest BCUT2D eigenvalue weighted by Crippen LogP contribution is 2.40. The minimum absolute atomic E-state index is 0.0453. The molecule has 0 bridgehead atoms. The van der Waals surface area contributed by atoms with Crippen molar-refractivity contribution in [3.05, 3.63) is 0 Å². The fraction of sp³-hybridized carbons (Fsp3) is 1.00. The minimum Gasteiger partial charge on any atom is -0.377 e. The first-order chi connectivity index (χ1) is 6.62. The number of fused-ring (bicyclic) bond motifs is 1. The molecule has 0 spiro atoms. The molecule has 0 radical (unpaired) electrons. The first-order valence-corrected chi connectivity index (χ1v) is 5.63. The summed E-state index contributed by atoms with van der Waals surface area (Å²) in [5.74, 6) is 0. The lowest BCUT2D eigenvalue weighted by atomic mass is 9.95. The summed E-state index contributed by atoms with van der Waals surface area (Å²) in [7, 11) is 0. The van der Waals surface area contributed by atoms with Gasteiger partial charge in [-0.3, -0.25) is 4.90 Å². The van der Waals surface area contributed by atoms with Gasteiger partial charge in [0.2, 0.25) is 0 Å². The van der Waals surface area contributed by atoms with Crippen molar-refractivity contribution in [2.24, 2.45) is 0 Å². The zero-order valence-corrected chi connectivity index (χ0v) is 9.13. The van der Waals surface area contributed by atoms with Gasteiger partial charge in [-0.2, -0.15) is 0 Å². The van der Waals surface area contributed by atoms with Crippen molar-refractivity contribution < 1.29 is 9.13 Å². The van der Waals surface area contributed by atoms with Crippen LogP contribution in [0.2, 0.25) is 0 Å². The van der Waals surface area contributed by atoms with E-state index in [1.54, 1.807) is 0 Å². The SMILES string of the molecule is CC(C)OC[C@@]12CCCN1C[C@H](F)C2. The normalized spacial score (nSPS) is 38.1. The molecule has 2 rings (SSSR count). The molecule has 0 saturated carbocycles. The van der Waals surface area contributed by atoms with E-state index in [0.29, 0.717) is 19.6 Å². The predicted octanol–water partition coefficient (Wildman–Crippen LogP) is 1.99. The number of hydrogen-bond acceptors (Lipinski definition) is 2. The summed E-state index contributed by atoms with van der Waals surface area (Å²) < 4.78 is 19.0. The average Bonchev–Trinajstić information content (AvgIpc) is 2.56. The zero-order valence-electron chi connectivity index (χ0n) is 9.13. The van der Waals surface area contributed by atoms with Gasteiger partial charge in [-0.25, -0.2) is 4.39 Å². The summed E-state index contributed by atoms with van der Waals surface area (Å²) in [6.07, 6.45) is 2.62. The molecule has 2 aliphatic heterocycles. The third-order valence-electron chi connectivity index (χ3n) is 3.45. The van der Waals surface area contributed by atoms with Gasteiger partial charge in [0.1, 0.15) is 6.17 Å². The maximum absolute atomic E-state index is 13.3. The second-order valence-electron chi connectivity index (χ2n) is 4.94. The lowest BCUT2D eigenvalue weighted by Crippen LogP contribution is -2.43. The number of halogens is 1. The van der Waals surface area contributed by atoms with Crippen LogP contribution >= 0.6 is 0 Å². The minimum atomic E-state index is -0.633. The van der Waals surface area contributed by atoms with Crippen LogP contribution in [0.3, 0.4) is 0 Å². The third kappa shape index (κ3) is 1.80. The Hall–Kier alpha value is -0.150. The highest BCUT2D eigenvalue weighted by molar-refractivity contribution is 5.03. The molecule has 14 heavy (non-hydrogen) atoms. The molecule has 2 nitrogen and oxygen atoms in total. The number of alkyl halides is 1. The van der Waals surface area contributed by atoms with Gasteiger partial charge in [-0.15, -0.1) is 0 Å². The summed E-state index contributed by atoms with van der Waals surface area (Å²) in [6.45, 7) is 6.48. The van der Waals surface area contributed by atoms with E-state index < -0.39 is 6.17 Å². The van der Waals surface area contributed by atoms with Crippen molar-refractivity contribution in [3.63, 3.8) is 0 Å². The molecule has 2 saturated heterocycles. The van der Waals surface area contributed by atoms with Crippen LogP contribution in [0.1, 0.15) is 33.1 Å². The van der Waals surface area contributed by atoms with Crippen molar-refractivity contribution in [2.45, 2.75) is 50.9 Å². The van der Waals surface area contributed by atoms with Crippen LogP contribution in [-0.4, -0.2) is 42.4 Å². The van der Waals surface area contributed by atoms with E-state index in [0.717, 1.165) is 13.0 Å². The van der Waals surface area contributed by atoms with E-state index >= 15 is 0 Å². The maximum atomic E-state index is 13.3. The van der Waals surface area contributed by atoms with Gasteiger partial charge in [0.15, 0.2) is 0 Å². The van der Waals surface area contributed by atoms with E-state index in [1.807, 2.05) is 13.8 Å². The average molecular weight is 201 g/mol. The molecule has 0 aromatic heterocycles. The number of ether oxygens (including phenoxy) is 1. The first-order valence-electron chi connectivity index (χ1n) is 5.63. The van der Waals surface area contributed by atoms with Crippen molar-refractivity contribution in [1.29, 1.82) is 0 Å². The zero-order chi connectivity index (χ0) is 10.2. The molecular formula is C11H20FNO. The second kappa shape index (κ2) is 3.78. The summed E-state index contributed by atoms with van der Waals surface area (Å²) in [4.78, 5) is 2.29. The van der Waals surface area contributed by atoms with Gasteiger partial charge >= 0.3 is 0 Å². The highest BCUT2D eigenvalue weighted by Gasteiger charge is 2.48. The van der Waals surface area contributed by atoms with Crippen LogP contribution in [0.5, 0.6) is 0 Å². The first kappa shape index (κ1) is 10.4. The van der Waals surface area contributed by atoms with E-state index in [1.165, 1.54) is 6.42 Å². The van der Waals surface area contributed by atoms with Crippen LogP contribution in [0.15, 0.2) is 0 Å². The Morgan fingerprint density at radius 3 is 3.07 bits per heavy atom. The van der Waals surface area contributed by atoms with Crippen molar-refractivity contribution in [3.8, 4) is 0 Å². The second-order valence-corrected chi connectivity index (χ2v) is 4.94. The Balaban J connectivity index is 1.98. The Bertz CT molecular complexity index is 209. The number of rotatable bonds is 3. The monoisotopic (exact) mass is 201 g/mol. The summed E-state index contributed by atoms with van der Waals surface area (Å²) in [5.41, 5.74) is 0.0453. The van der Waals surface area contributed by atoms with Crippen molar-refractivity contribution in [2.75, 3.05) is 19.7 Å². The lowest BCUT2D eigenvalue weighted by molar-refractivity contribution is 0.00276. The van der Waals surface area contributed by atoms with Gasteiger partial charge in [0.25, 0.3) is 0 Å². The standard InChI is InChI=1S/C11H20FNO/c1-9(2)14-8-11-4-3-5-13(11)7-10(12)6-11/h9-10H,3-8H2,1-2H3/t10-,11+/m1/s1. The fourth-order valence-electron chi connectivity index (χ4n) is 2.77. The van der Waals surface area contributed by atoms with Gasteiger partial charge in [0, 0.05) is 18.5 Å². The molecule has 2 fully saturated rings. The van der Waals surface area contributed by atoms with Gasteiger partial charge < -0.3 is 4.74 Å². The third-order valence-corrected chi connectivity index (χ3v) is 3.45. The molecule has 2 atom stereocenters. The Morgan fingerprint density at radius 2 is 2.36 bits per heavy atom. The maximum Gasteiger partial charge on any atom is 0.115 e. The quantitative estimate of drug-likeness (QED) is 0.692. The molecule has 2 heterocycles. The molecule has 0 amide bonds. The van der Waals surface area contributed by atoms with Crippen LogP contribution < -0.4 is 0 Å². The van der Waals surface area contributed by atoms with E-state index in [4.69, 9.17) is 4.74 Å². The molecule has 0 aliphatic carbocycles. The predicted molar refractivity (Wildman–Crippen MR) is 54.1 cm³/mol. The van der Waals surface area contributed by atoms with Crippen molar-refractivity contribution >= 4 is 0 Å². The molecule has 0 unspecified atom stereocenters. The van der Waals surface area contributed by atoms with Crippen molar-refractivity contribution in [1.82, 2.24) is 4.90 Å². The molecule has 0 aromatic rings. The van der Waals surface area contributed by atoms with Gasteiger partial charge in [-0.1, -0.05) is 0 Å². The van der Waals surface area contributed by atoms with Crippen LogP contribution in [0.25, 0.3) is 0 Å². The Morgan fingerprint density at radius 1 is 1.57 bits per heavy atom. The lowest BCUT2D eigenvalue weighted by Gasteiger charge is -2.32. The van der Waals surface area contributed by atoms with E-state index in [-0.39, 0.29) is 11.6 Å². The van der Waals surface area contributed by atoms with Crippen LogP contribution in [-0.2, 0) is 4.74 Å². The van der Waals surface area contributed by atoms with Gasteiger partial charge in [0.05, 0.1) is 12.7 Å². The molecular weight excluding hydrogens is 181 g/mol. The number of nitrogens with zero attached hydrogens (tertiary/aromatic N) is 1. The van der Waals surface area contributed by atoms with Gasteiger partial charge in [-0.05, 0) is 33.2 Å². The highest BCUT2D eigenvalue weighted by atomic mass is 19.1. The molecule has 3 heteroatoms. The van der Waals surface area contributed by atoms with E-state index in [9.17, 15) is 4.39 Å². The Labute approximate surface area is 85.4 Å². The molecule has 2 aliphatic rings. The fourth-order valence-corrected chi connectivity index (χ4v) is 2.77. The molecule has 82 valence electrons. The van der Waals surface area contributed by atoms with E-state index in [2.05, 4.69) is 4.90 Å². The summed E-state index contributed by atoms with van der Waals surface area (Å²) in [5, 5.41) is 0. The largest absolute Gasteiger partial charge is 0.377 e. The van der Waals surface area contributed by atoms with Crippen LogP contribution in [0, 0.1) is 0 Å². The topological polar surface area (TPSA) is 12.5 Å². The summed E-state index contributed by atoms with van der Waals surface area (Å²) >= 11 is 0. The summed E-state index contributed by atoms with van der Waals surface area (Å²) in [6, 6.07) is 0. The Kier molecular flexibility index (Phi) is 2.80. The van der Waals surface area contributed by atoms with Crippen LogP contribution in [0.4, 0.5) is 4.39 Å².